The smallest absolute Gasteiger partial charge is 0.226 e. The summed E-state index contributed by atoms with van der Waals surface area (Å²) < 4.78 is 0. The van der Waals surface area contributed by atoms with Crippen LogP contribution in [0.2, 0.25) is 0 Å². The van der Waals surface area contributed by atoms with Gasteiger partial charge in [0.15, 0.2) is 0 Å². The van der Waals surface area contributed by atoms with Gasteiger partial charge in [-0.2, -0.15) is 5.26 Å². The van der Waals surface area contributed by atoms with Crippen molar-refractivity contribution in [2.24, 2.45) is 5.92 Å². The van der Waals surface area contributed by atoms with Gasteiger partial charge in [0.05, 0.1) is 11.7 Å². The Morgan fingerprint density at radius 1 is 1.70 bits per heavy atom. The van der Waals surface area contributed by atoms with Crippen molar-refractivity contribution in [1.29, 1.82) is 5.26 Å². The molecular formula is C14H19N3O2S. The number of anilines is 1. The number of nitrogens with one attached hydrogen (secondary N) is 1. The van der Waals surface area contributed by atoms with E-state index in [2.05, 4.69) is 17.1 Å². The molecule has 0 spiro atoms. The van der Waals surface area contributed by atoms with Crippen LogP contribution in [0, 0.1) is 17.2 Å². The van der Waals surface area contributed by atoms with Crippen LogP contribution >= 0.6 is 11.3 Å². The molecule has 2 heterocycles. The van der Waals surface area contributed by atoms with Gasteiger partial charge in [0, 0.05) is 19.5 Å². The largest absolute Gasteiger partial charge is 0.392 e. The van der Waals surface area contributed by atoms with Crippen molar-refractivity contribution in [1.82, 2.24) is 4.90 Å². The summed E-state index contributed by atoms with van der Waals surface area (Å²) in [5.41, 5.74) is 0.505. The summed E-state index contributed by atoms with van der Waals surface area (Å²) >= 11 is 1.36. The van der Waals surface area contributed by atoms with Crippen LogP contribution in [0.1, 0.15) is 25.3 Å². The first-order chi connectivity index (χ1) is 9.60. The van der Waals surface area contributed by atoms with Crippen molar-refractivity contribution in [3.8, 4) is 6.07 Å². The molecule has 108 valence electrons. The van der Waals surface area contributed by atoms with Gasteiger partial charge in [0.25, 0.3) is 0 Å². The number of hydrogen-bond acceptors (Lipinski definition) is 5. The lowest BCUT2D eigenvalue weighted by Crippen LogP contribution is -2.43. The monoisotopic (exact) mass is 293 g/mol. The Morgan fingerprint density at radius 3 is 3.20 bits per heavy atom. The zero-order valence-electron chi connectivity index (χ0n) is 11.5. The average Bonchev–Trinajstić information content (AvgIpc) is 2.87. The maximum atomic E-state index is 11.9. The Balaban J connectivity index is 1.77. The van der Waals surface area contributed by atoms with Crippen LogP contribution in [0.25, 0.3) is 0 Å². The molecule has 2 rings (SSSR count). The number of amides is 1. The number of carbonyl (C=O) groups excluding carboxylic acids is 1. The summed E-state index contributed by atoms with van der Waals surface area (Å²) in [6.07, 6.45) is 1.05. The second-order valence-electron chi connectivity index (χ2n) is 5.21. The molecule has 1 aliphatic heterocycles. The third-order valence-corrected chi connectivity index (χ3v) is 4.53. The highest BCUT2D eigenvalue weighted by atomic mass is 32.1. The number of aliphatic hydroxyl groups is 1. The number of nitrogens with zero attached hydrogens (tertiary/aromatic N) is 2. The van der Waals surface area contributed by atoms with Gasteiger partial charge in [-0.05, 0) is 30.3 Å². The van der Waals surface area contributed by atoms with Crippen molar-refractivity contribution in [3.63, 3.8) is 0 Å². The van der Waals surface area contributed by atoms with Crippen LogP contribution in [0.3, 0.4) is 0 Å². The first-order valence-electron chi connectivity index (χ1n) is 6.78. The maximum Gasteiger partial charge on any atom is 0.226 e. The van der Waals surface area contributed by atoms with Crippen molar-refractivity contribution in [2.75, 3.05) is 25.0 Å². The SMILES string of the molecule is CC1CCN(CCC(=O)Nc2sccc2C#N)CC1O. The summed E-state index contributed by atoms with van der Waals surface area (Å²) in [7, 11) is 0. The summed E-state index contributed by atoms with van der Waals surface area (Å²) in [4.78, 5) is 14.0. The topological polar surface area (TPSA) is 76.4 Å². The Morgan fingerprint density at radius 2 is 2.50 bits per heavy atom. The molecule has 0 bridgehead atoms. The van der Waals surface area contributed by atoms with E-state index < -0.39 is 0 Å². The molecule has 2 unspecified atom stereocenters. The van der Waals surface area contributed by atoms with Crippen LogP contribution in [0.5, 0.6) is 0 Å². The summed E-state index contributed by atoms with van der Waals surface area (Å²) in [5, 5.41) is 23.9. The van der Waals surface area contributed by atoms with Gasteiger partial charge in [0.1, 0.15) is 11.1 Å². The standard InChI is InChI=1S/C14H19N3O2S/c1-10-2-5-17(9-12(10)18)6-3-13(19)16-14-11(8-15)4-7-20-14/h4,7,10,12,18H,2-3,5-6,9H2,1H3,(H,16,19). The first kappa shape index (κ1) is 15.0. The molecule has 0 aliphatic carbocycles. The van der Waals surface area contributed by atoms with Gasteiger partial charge < -0.3 is 15.3 Å². The van der Waals surface area contributed by atoms with Gasteiger partial charge >= 0.3 is 0 Å². The summed E-state index contributed by atoms with van der Waals surface area (Å²) in [6, 6.07) is 3.75. The molecule has 1 aliphatic rings. The minimum atomic E-state index is -0.297. The predicted octanol–water partition coefficient (Wildman–Crippen LogP) is 1.65. The van der Waals surface area contributed by atoms with Crippen LogP contribution in [0.4, 0.5) is 5.00 Å². The summed E-state index contributed by atoms with van der Waals surface area (Å²) in [5.74, 6) is 0.251. The number of hydrogen-bond donors (Lipinski definition) is 2. The minimum Gasteiger partial charge on any atom is -0.392 e. The minimum absolute atomic E-state index is 0.0861. The van der Waals surface area contributed by atoms with Crippen molar-refractivity contribution >= 4 is 22.2 Å². The Bertz CT molecular complexity index is 509. The van der Waals surface area contributed by atoms with E-state index in [4.69, 9.17) is 5.26 Å². The second-order valence-corrected chi connectivity index (χ2v) is 6.12. The molecule has 6 heteroatoms. The zero-order chi connectivity index (χ0) is 14.5. The van der Waals surface area contributed by atoms with E-state index in [9.17, 15) is 9.90 Å². The van der Waals surface area contributed by atoms with Crippen molar-refractivity contribution in [3.05, 3.63) is 17.0 Å². The molecule has 0 aromatic carbocycles. The second kappa shape index (κ2) is 6.84. The molecule has 2 atom stereocenters. The number of rotatable bonds is 4. The van der Waals surface area contributed by atoms with E-state index in [0.29, 0.717) is 36.0 Å². The lowest BCUT2D eigenvalue weighted by Gasteiger charge is -2.34. The molecule has 0 saturated carbocycles. The maximum absolute atomic E-state index is 11.9. The van der Waals surface area contributed by atoms with E-state index in [1.54, 1.807) is 11.4 Å². The van der Waals surface area contributed by atoms with Crippen molar-refractivity contribution in [2.45, 2.75) is 25.9 Å². The third kappa shape index (κ3) is 3.79. The van der Waals surface area contributed by atoms with Crippen LogP contribution in [-0.2, 0) is 4.79 Å². The molecule has 2 N–H and O–H groups in total. The zero-order valence-corrected chi connectivity index (χ0v) is 12.3. The van der Waals surface area contributed by atoms with E-state index in [0.717, 1.165) is 13.0 Å². The fourth-order valence-electron chi connectivity index (χ4n) is 2.26. The van der Waals surface area contributed by atoms with Gasteiger partial charge in [-0.25, -0.2) is 0 Å². The van der Waals surface area contributed by atoms with Gasteiger partial charge in [-0.1, -0.05) is 6.92 Å². The number of nitriles is 1. The highest BCUT2D eigenvalue weighted by Crippen LogP contribution is 2.22. The first-order valence-corrected chi connectivity index (χ1v) is 7.66. The lowest BCUT2D eigenvalue weighted by molar-refractivity contribution is -0.116. The van der Waals surface area contributed by atoms with Crippen LogP contribution in [-0.4, -0.2) is 41.7 Å². The van der Waals surface area contributed by atoms with E-state index in [1.807, 2.05) is 6.07 Å². The fraction of sp³-hybridized carbons (Fsp3) is 0.571. The molecule has 5 nitrogen and oxygen atoms in total. The molecule has 20 heavy (non-hydrogen) atoms. The average molecular weight is 293 g/mol. The quantitative estimate of drug-likeness (QED) is 0.885. The third-order valence-electron chi connectivity index (χ3n) is 3.70. The molecule has 0 radical (unpaired) electrons. The van der Waals surface area contributed by atoms with E-state index in [1.165, 1.54) is 11.3 Å². The normalized spacial score (nSPS) is 23.2. The number of β-amino-alcohol motifs (C(OH)–C–C–N with tert-alkyl or cyclic N) is 1. The molecule has 1 saturated heterocycles. The Hall–Kier alpha value is -1.42. The highest BCUT2D eigenvalue weighted by molar-refractivity contribution is 7.14. The van der Waals surface area contributed by atoms with E-state index >= 15 is 0 Å². The number of aliphatic hydroxyl groups excluding tert-OH is 1. The Kier molecular flexibility index (Phi) is 5.12. The number of carbonyl (C=O) groups is 1. The van der Waals surface area contributed by atoms with Gasteiger partial charge in [-0.3, -0.25) is 4.79 Å². The molecule has 1 amide bonds. The van der Waals surface area contributed by atoms with Crippen molar-refractivity contribution < 1.29 is 9.90 Å². The highest BCUT2D eigenvalue weighted by Gasteiger charge is 2.24. The van der Waals surface area contributed by atoms with Gasteiger partial charge in [0.2, 0.25) is 5.91 Å². The predicted molar refractivity (Wildman–Crippen MR) is 78.5 cm³/mol. The number of piperidine rings is 1. The number of likely N-dealkylation sites (tertiary alicyclic amines) is 1. The fourth-order valence-corrected chi connectivity index (χ4v) is 3.01. The van der Waals surface area contributed by atoms with Crippen LogP contribution in [0.15, 0.2) is 11.4 Å². The van der Waals surface area contributed by atoms with Crippen LogP contribution < -0.4 is 5.32 Å². The Labute approximate surface area is 122 Å². The molecule has 1 fully saturated rings. The molecule has 1 aromatic heterocycles. The number of thiophene rings is 1. The molecule has 1 aromatic rings. The van der Waals surface area contributed by atoms with E-state index in [-0.39, 0.29) is 12.0 Å². The summed E-state index contributed by atoms with van der Waals surface area (Å²) in [6.45, 7) is 4.25. The van der Waals surface area contributed by atoms with Gasteiger partial charge in [-0.15, -0.1) is 11.3 Å². The lowest BCUT2D eigenvalue weighted by atomic mass is 9.96. The molecular weight excluding hydrogens is 274 g/mol.